The van der Waals surface area contributed by atoms with E-state index in [0.29, 0.717) is 11.5 Å². The van der Waals surface area contributed by atoms with Crippen molar-refractivity contribution >= 4 is 21.8 Å². The average Bonchev–Trinajstić information content (AvgIpc) is 3.89. The number of ether oxygens (including phenoxy) is 1. The largest absolute Gasteiger partial charge is 0.510 e. The second kappa shape index (κ2) is 17.8. The van der Waals surface area contributed by atoms with E-state index in [1.54, 1.807) is 0 Å². The Morgan fingerprint density at radius 3 is 1.76 bits per heavy atom. The molecule has 0 bridgehead atoms. The molecular weight excluding hydrogens is 1010 g/mol. The van der Waals surface area contributed by atoms with Crippen LogP contribution in [0.1, 0.15) is 129 Å². The molecule has 0 N–H and O–H groups in total. The first-order valence-corrected chi connectivity index (χ1v) is 23.6. The second-order valence-corrected chi connectivity index (χ2v) is 22.4. The Morgan fingerprint density at radius 1 is 0.500 bits per heavy atom. The Balaban J connectivity index is 0.00000625. The molecule has 0 atom stereocenters. The van der Waals surface area contributed by atoms with Crippen LogP contribution in [0, 0.1) is 18.5 Å². The van der Waals surface area contributed by atoms with Gasteiger partial charge >= 0.3 is 0 Å². The van der Waals surface area contributed by atoms with Crippen LogP contribution in [0.4, 0.5) is 0 Å². The fourth-order valence-corrected chi connectivity index (χ4v) is 9.15. The summed E-state index contributed by atoms with van der Waals surface area (Å²) in [5, 5.41) is 2.26. The second-order valence-electron chi connectivity index (χ2n) is 22.4. The molecule has 3 heterocycles. The third kappa shape index (κ3) is 9.27. The zero-order chi connectivity index (χ0) is 47.7. The number of hydrogen-bond acceptors (Lipinski definition) is 2. The summed E-state index contributed by atoms with van der Waals surface area (Å²) < 4.78 is 13.5. The van der Waals surface area contributed by atoms with Gasteiger partial charge in [-0.15, -0.1) is 29.7 Å². The Kier molecular flexibility index (Phi) is 12.7. The van der Waals surface area contributed by atoms with Crippen LogP contribution in [0.25, 0.3) is 39.0 Å². The number of rotatable bonds is 9. The molecule has 9 rings (SSSR count). The van der Waals surface area contributed by atoms with Crippen molar-refractivity contribution in [2.75, 3.05) is 0 Å². The van der Waals surface area contributed by atoms with E-state index in [-0.39, 0.29) is 42.7 Å². The third-order valence-electron chi connectivity index (χ3n) is 13.7. The molecule has 0 fully saturated rings. The molecule has 350 valence electrons. The van der Waals surface area contributed by atoms with Crippen LogP contribution in [-0.4, -0.2) is 14.1 Å². The molecule has 6 heteroatoms. The molecule has 5 nitrogen and oxygen atoms in total. The van der Waals surface area contributed by atoms with Gasteiger partial charge in [-0.1, -0.05) is 180 Å². The zero-order valence-corrected chi connectivity index (χ0v) is 44.2. The third-order valence-corrected chi connectivity index (χ3v) is 13.7. The predicted molar refractivity (Wildman–Crippen MR) is 276 cm³/mol. The number of fused-ring (bicyclic) bond motifs is 3. The van der Waals surface area contributed by atoms with Gasteiger partial charge in [0, 0.05) is 61.3 Å². The average molecular weight is 1080 g/mol. The van der Waals surface area contributed by atoms with E-state index in [0.717, 1.165) is 50.3 Å². The summed E-state index contributed by atoms with van der Waals surface area (Å²) >= 11 is 0. The van der Waals surface area contributed by atoms with Gasteiger partial charge in [0.2, 0.25) is 0 Å². The van der Waals surface area contributed by atoms with Crippen LogP contribution >= 0.6 is 0 Å². The maximum atomic E-state index is 6.95. The van der Waals surface area contributed by atoms with Gasteiger partial charge in [0.05, 0.1) is 11.4 Å². The van der Waals surface area contributed by atoms with Crippen LogP contribution < -0.4 is 9.30 Å². The molecule has 0 saturated carbocycles. The van der Waals surface area contributed by atoms with Gasteiger partial charge < -0.3 is 13.9 Å². The Labute approximate surface area is 419 Å². The summed E-state index contributed by atoms with van der Waals surface area (Å²) in [4.78, 5) is 4.96. The normalized spacial score (nSPS) is 12.7. The van der Waals surface area contributed by atoms with Crippen molar-refractivity contribution in [2.24, 2.45) is 0 Å². The molecule has 3 aromatic heterocycles. The molecule has 68 heavy (non-hydrogen) atoms. The number of aromatic nitrogens is 4. The fourth-order valence-electron chi connectivity index (χ4n) is 9.15. The van der Waals surface area contributed by atoms with E-state index < -0.39 is 5.41 Å². The van der Waals surface area contributed by atoms with Crippen molar-refractivity contribution in [3.63, 3.8) is 0 Å². The summed E-state index contributed by atoms with van der Waals surface area (Å²) in [6.07, 6.45) is 7.95. The summed E-state index contributed by atoms with van der Waals surface area (Å²) in [7, 11) is 0. The van der Waals surface area contributed by atoms with Gasteiger partial charge in [-0.3, -0.25) is 4.57 Å². The molecule has 0 aliphatic carbocycles. The summed E-state index contributed by atoms with van der Waals surface area (Å²) in [6.45, 7) is 29.4. The van der Waals surface area contributed by atoms with E-state index >= 15 is 0 Å². The molecule has 0 saturated heterocycles. The maximum Gasteiger partial charge on any atom is 0.267 e. The molecule has 0 spiro atoms. The summed E-state index contributed by atoms with van der Waals surface area (Å²) in [5.41, 5.74) is 11.4. The van der Waals surface area contributed by atoms with Gasteiger partial charge in [-0.25, -0.2) is 4.98 Å². The van der Waals surface area contributed by atoms with E-state index in [9.17, 15) is 0 Å². The van der Waals surface area contributed by atoms with Crippen molar-refractivity contribution in [2.45, 2.75) is 117 Å². The molecule has 0 aliphatic rings. The fraction of sp³-hybridized carbons (Fsp3) is 0.290. The SMILES string of the molecule is CC(C)(C)c1cc(Oc2[c-]c3c(cc2)c2cc(C(C)(C)C)ccc2n3-c2cc(C(C)(C)C)ccn2)[c-]c(-n2[c-][n+](-c3cccc(C(C)(C)c4ccccc4)c3)cc2C(C)(C)c2ccccc2)c1.[Pt]. The molecule has 0 unspecified atom stereocenters. The van der Waals surface area contributed by atoms with Gasteiger partial charge in [-0.05, 0) is 85.5 Å². The van der Waals surface area contributed by atoms with Gasteiger partial charge in [0.1, 0.15) is 5.82 Å². The molecule has 9 aromatic rings. The molecule has 6 aromatic carbocycles. The maximum absolute atomic E-state index is 6.95. The van der Waals surface area contributed by atoms with Crippen molar-refractivity contribution in [1.82, 2.24) is 14.1 Å². The quantitative estimate of drug-likeness (QED) is 0.107. The van der Waals surface area contributed by atoms with Crippen LogP contribution in [0.3, 0.4) is 0 Å². The minimum atomic E-state index is -0.409. The number of hydrogen-bond donors (Lipinski definition) is 0. The number of pyridine rings is 1. The molecule has 0 aliphatic heterocycles. The first kappa shape index (κ1) is 48.4. The standard InChI is InChI=1S/C62H64N4O.Pt/c1-58(2,3)44-27-30-54-53(36-44)52-29-28-50(39-55(52)66(54)57-37-45(31-32-63-57)59(4,5)6)67-51-35-47(60(7,8)9)34-49(38-51)65-41-64(40-56(65)62(12,13)43-23-18-15-19-24-43)48-26-20-25-46(33-48)61(10,11)42-21-16-14-17-22-42;/h14-37,40H,1-13H3;/q-2;. The van der Waals surface area contributed by atoms with E-state index in [4.69, 9.17) is 9.72 Å². The van der Waals surface area contributed by atoms with Gasteiger partial charge in [0.15, 0.2) is 0 Å². The van der Waals surface area contributed by atoms with Crippen molar-refractivity contribution < 1.29 is 30.4 Å². The smallest absolute Gasteiger partial charge is 0.267 e. The minimum absolute atomic E-state index is 0. The van der Waals surface area contributed by atoms with Gasteiger partial charge in [0.25, 0.3) is 6.33 Å². The molecular formula is C62H64N4OPt-2. The number of benzene rings is 6. The van der Waals surface area contributed by atoms with Crippen LogP contribution in [0.15, 0.2) is 152 Å². The first-order valence-electron chi connectivity index (χ1n) is 23.6. The van der Waals surface area contributed by atoms with Crippen LogP contribution in [0.5, 0.6) is 11.5 Å². The summed E-state index contributed by atoms with van der Waals surface area (Å²) in [5.74, 6) is 2.06. The van der Waals surface area contributed by atoms with E-state index in [2.05, 4.69) is 262 Å². The molecule has 0 amide bonds. The summed E-state index contributed by atoms with van der Waals surface area (Å²) in [6, 6.07) is 57.5. The Bertz CT molecular complexity index is 3260. The van der Waals surface area contributed by atoms with Crippen molar-refractivity contribution in [1.29, 1.82) is 0 Å². The van der Waals surface area contributed by atoms with Gasteiger partial charge in [-0.2, -0.15) is 17.7 Å². The monoisotopic (exact) mass is 1080 g/mol. The Hall–Kier alpha value is -6.03. The minimum Gasteiger partial charge on any atom is -0.510 e. The van der Waals surface area contributed by atoms with E-state index in [1.807, 2.05) is 12.3 Å². The number of nitrogens with zero attached hydrogens (tertiary/aromatic N) is 4. The molecule has 0 radical (unpaired) electrons. The Morgan fingerprint density at radius 2 is 1.12 bits per heavy atom. The predicted octanol–water partition coefficient (Wildman–Crippen LogP) is 15.0. The first-order chi connectivity index (χ1) is 31.6. The number of imidazole rings is 1. The van der Waals surface area contributed by atoms with E-state index in [1.165, 1.54) is 27.8 Å². The zero-order valence-electron chi connectivity index (χ0n) is 41.9. The van der Waals surface area contributed by atoms with Crippen LogP contribution in [-0.2, 0) is 48.1 Å². The van der Waals surface area contributed by atoms with Crippen molar-refractivity contribution in [3.05, 3.63) is 209 Å². The van der Waals surface area contributed by atoms with Crippen molar-refractivity contribution in [3.8, 4) is 28.7 Å². The van der Waals surface area contributed by atoms with Crippen LogP contribution in [0.2, 0.25) is 0 Å². The topological polar surface area (TPSA) is 35.9 Å².